The Morgan fingerprint density at radius 3 is 2.00 bits per heavy atom. The third kappa shape index (κ3) is 7.33. The molecule has 0 aliphatic carbocycles. The molecule has 0 amide bonds. The molecule has 0 bridgehead atoms. The van der Waals surface area contributed by atoms with E-state index in [9.17, 15) is 4.79 Å². The predicted octanol–water partition coefficient (Wildman–Crippen LogP) is -1.04. The Morgan fingerprint density at radius 1 is 1.12 bits per heavy atom. The van der Waals surface area contributed by atoms with Crippen molar-refractivity contribution in [2.24, 2.45) is 0 Å². The maximum Gasteiger partial charge on any atom is 0.302 e. The second kappa shape index (κ2) is 6.96. The molecule has 1 aromatic rings. The third-order valence-corrected chi connectivity index (χ3v) is 2.12. The SMILES string of the molecule is CC(=O)OCc1ccc(C[N+](C)(C)C)cc1.[I-]. The van der Waals surface area contributed by atoms with Crippen LogP contribution in [0.4, 0.5) is 0 Å². The van der Waals surface area contributed by atoms with Gasteiger partial charge in [0.2, 0.25) is 0 Å². The summed E-state index contributed by atoms with van der Waals surface area (Å²) in [5, 5.41) is 0. The normalized spacial score (nSPS) is 10.6. The molecule has 0 heterocycles. The fourth-order valence-corrected chi connectivity index (χ4v) is 1.47. The first-order chi connectivity index (χ1) is 7.37. The minimum absolute atomic E-state index is 0. The monoisotopic (exact) mass is 349 g/mol. The fraction of sp³-hybridized carbons (Fsp3) is 0.462. The minimum Gasteiger partial charge on any atom is -1.00 e. The van der Waals surface area contributed by atoms with E-state index in [1.54, 1.807) is 0 Å². The van der Waals surface area contributed by atoms with Gasteiger partial charge >= 0.3 is 5.97 Å². The largest absolute Gasteiger partial charge is 1.00 e. The van der Waals surface area contributed by atoms with Crippen LogP contribution in [-0.4, -0.2) is 31.6 Å². The highest BCUT2D eigenvalue weighted by atomic mass is 127. The van der Waals surface area contributed by atoms with E-state index in [1.165, 1.54) is 12.5 Å². The van der Waals surface area contributed by atoms with Crippen LogP contribution in [0.3, 0.4) is 0 Å². The number of carbonyl (C=O) groups is 1. The van der Waals surface area contributed by atoms with Crippen molar-refractivity contribution < 1.29 is 38.0 Å². The zero-order valence-corrected chi connectivity index (χ0v) is 13.0. The van der Waals surface area contributed by atoms with Crippen molar-refractivity contribution in [3.05, 3.63) is 35.4 Å². The zero-order valence-electron chi connectivity index (χ0n) is 10.9. The molecule has 96 valence electrons. The Kier molecular flexibility index (Phi) is 6.70. The van der Waals surface area contributed by atoms with Gasteiger partial charge in [0.1, 0.15) is 13.2 Å². The fourth-order valence-electron chi connectivity index (χ4n) is 1.47. The average molecular weight is 349 g/mol. The Morgan fingerprint density at radius 2 is 1.59 bits per heavy atom. The van der Waals surface area contributed by atoms with Crippen molar-refractivity contribution in [1.82, 2.24) is 0 Å². The van der Waals surface area contributed by atoms with Crippen LogP contribution in [0.2, 0.25) is 0 Å². The molecule has 0 aromatic heterocycles. The molecule has 0 spiro atoms. The van der Waals surface area contributed by atoms with Crippen molar-refractivity contribution in [2.75, 3.05) is 21.1 Å². The highest BCUT2D eigenvalue weighted by Gasteiger charge is 2.08. The first-order valence-electron chi connectivity index (χ1n) is 5.38. The Balaban J connectivity index is 0.00000256. The van der Waals surface area contributed by atoms with Gasteiger partial charge in [-0.05, 0) is 5.56 Å². The van der Waals surface area contributed by atoms with E-state index in [2.05, 4.69) is 33.3 Å². The number of hydrogen-bond acceptors (Lipinski definition) is 2. The van der Waals surface area contributed by atoms with E-state index in [-0.39, 0.29) is 29.9 Å². The quantitative estimate of drug-likeness (QED) is 0.395. The molecule has 0 aliphatic rings. The summed E-state index contributed by atoms with van der Waals surface area (Å²) in [7, 11) is 6.48. The number of halogens is 1. The lowest BCUT2D eigenvalue weighted by atomic mass is 10.1. The smallest absolute Gasteiger partial charge is 0.302 e. The summed E-state index contributed by atoms with van der Waals surface area (Å²) >= 11 is 0. The topological polar surface area (TPSA) is 26.3 Å². The lowest BCUT2D eigenvalue weighted by molar-refractivity contribution is -0.884. The molecule has 0 aliphatic heterocycles. The molecule has 1 aromatic carbocycles. The van der Waals surface area contributed by atoms with Gasteiger partial charge in [-0.15, -0.1) is 0 Å². The van der Waals surface area contributed by atoms with Gasteiger partial charge in [-0.1, -0.05) is 24.3 Å². The van der Waals surface area contributed by atoms with Crippen LogP contribution < -0.4 is 24.0 Å². The first-order valence-corrected chi connectivity index (χ1v) is 5.38. The molecule has 1 rings (SSSR count). The average Bonchev–Trinajstić information content (AvgIpc) is 2.14. The molecule has 0 saturated heterocycles. The molecule has 0 saturated carbocycles. The van der Waals surface area contributed by atoms with Crippen LogP contribution >= 0.6 is 0 Å². The Bertz CT molecular complexity index is 355. The van der Waals surface area contributed by atoms with Gasteiger partial charge in [0.25, 0.3) is 0 Å². The summed E-state index contributed by atoms with van der Waals surface area (Å²) in [4.78, 5) is 10.6. The van der Waals surface area contributed by atoms with Crippen molar-refractivity contribution in [1.29, 1.82) is 0 Å². The first kappa shape index (κ1) is 16.4. The number of ether oxygens (including phenoxy) is 1. The van der Waals surface area contributed by atoms with Crippen LogP contribution in [0.15, 0.2) is 24.3 Å². The second-order valence-electron chi connectivity index (χ2n) is 5.05. The third-order valence-electron chi connectivity index (χ3n) is 2.12. The standard InChI is InChI=1S/C13H20NO2.HI/c1-11(15)16-10-13-7-5-12(6-8-13)9-14(2,3)4;/h5-8H,9-10H2,1-4H3;1H/q+1;/p-1. The summed E-state index contributed by atoms with van der Waals surface area (Å²) in [6, 6.07) is 8.19. The minimum atomic E-state index is -0.240. The Hall–Kier alpha value is -0.620. The molecule has 0 atom stereocenters. The molecule has 0 radical (unpaired) electrons. The summed E-state index contributed by atoms with van der Waals surface area (Å²) in [6.07, 6.45) is 0. The van der Waals surface area contributed by atoms with E-state index in [0.717, 1.165) is 16.6 Å². The predicted molar refractivity (Wildman–Crippen MR) is 63.6 cm³/mol. The number of nitrogens with zero attached hydrogens (tertiary/aromatic N) is 1. The molecule has 17 heavy (non-hydrogen) atoms. The molecule has 0 unspecified atom stereocenters. The zero-order chi connectivity index (χ0) is 12.2. The molecular formula is C13H20INO2. The molecule has 0 N–H and O–H groups in total. The van der Waals surface area contributed by atoms with E-state index in [4.69, 9.17) is 4.74 Å². The maximum atomic E-state index is 10.6. The summed E-state index contributed by atoms with van der Waals surface area (Å²) < 4.78 is 5.83. The highest BCUT2D eigenvalue weighted by Crippen LogP contribution is 2.09. The summed E-state index contributed by atoms with van der Waals surface area (Å²) in [6.45, 7) is 2.78. The Labute approximate surface area is 120 Å². The number of hydrogen-bond donors (Lipinski definition) is 0. The summed E-state index contributed by atoms with van der Waals surface area (Å²) in [5.41, 5.74) is 2.32. The van der Waals surface area contributed by atoms with Crippen LogP contribution in [0.25, 0.3) is 0 Å². The van der Waals surface area contributed by atoms with Gasteiger partial charge in [-0.2, -0.15) is 0 Å². The summed E-state index contributed by atoms with van der Waals surface area (Å²) in [5.74, 6) is -0.240. The van der Waals surface area contributed by atoms with E-state index < -0.39 is 0 Å². The number of benzene rings is 1. The maximum absolute atomic E-state index is 10.6. The lowest BCUT2D eigenvalue weighted by Gasteiger charge is -2.23. The van der Waals surface area contributed by atoms with Crippen molar-refractivity contribution >= 4 is 5.97 Å². The number of carbonyl (C=O) groups excluding carboxylic acids is 1. The van der Waals surface area contributed by atoms with Crippen molar-refractivity contribution in [3.8, 4) is 0 Å². The van der Waals surface area contributed by atoms with Crippen LogP contribution in [-0.2, 0) is 22.7 Å². The van der Waals surface area contributed by atoms with E-state index >= 15 is 0 Å². The molecular weight excluding hydrogens is 329 g/mol. The van der Waals surface area contributed by atoms with E-state index in [0.29, 0.717) is 6.61 Å². The van der Waals surface area contributed by atoms with Gasteiger partial charge < -0.3 is 33.2 Å². The lowest BCUT2D eigenvalue weighted by Crippen LogP contribution is -3.00. The van der Waals surface area contributed by atoms with Crippen molar-refractivity contribution in [2.45, 2.75) is 20.1 Å². The number of quaternary nitrogens is 1. The number of rotatable bonds is 4. The molecule has 4 heteroatoms. The van der Waals surface area contributed by atoms with Gasteiger partial charge in [0.05, 0.1) is 21.1 Å². The van der Waals surface area contributed by atoms with Crippen LogP contribution in [0.5, 0.6) is 0 Å². The highest BCUT2D eigenvalue weighted by molar-refractivity contribution is 5.65. The van der Waals surface area contributed by atoms with Crippen molar-refractivity contribution in [3.63, 3.8) is 0 Å². The second-order valence-corrected chi connectivity index (χ2v) is 5.05. The van der Waals surface area contributed by atoms with Gasteiger partial charge in [-0.25, -0.2) is 0 Å². The van der Waals surface area contributed by atoms with Gasteiger partial charge in [0.15, 0.2) is 0 Å². The number of esters is 1. The molecule has 0 fully saturated rings. The molecule has 3 nitrogen and oxygen atoms in total. The van der Waals surface area contributed by atoms with Gasteiger partial charge in [-0.3, -0.25) is 4.79 Å². The van der Waals surface area contributed by atoms with Crippen LogP contribution in [0.1, 0.15) is 18.1 Å². The van der Waals surface area contributed by atoms with Crippen LogP contribution in [0, 0.1) is 0 Å². The van der Waals surface area contributed by atoms with Gasteiger partial charge in [0, 0.05) is 12.5 Å². The van der Waals surface area contributed by atoms with E-state index in [1.807, 2.05) is 12.1 Å².